The fraction of sp³-hybridized carbons (Fsp3) is 0.536. The van der Waals surface area contributed by atoms with Crippen molar-refractivity contribution in [3.63, 3.8) is 0 Å². The van der Waals surface area contributed by atoms with E-state index in [0.29, 0.717) is 23.3 Å². The minimum absolute atomic E-state index is 0.0318. The van der Waals surface area contributed by atoms with E-state index in [4.69, 9.17) is 11.6 Å². The van der Waals surface area contributed by atoms with Crippen LogP contribution in [0.15, 0.2) is 48.5 Å². The molecule has 2 heterocycles. The molecule has 2 aromatic carbocycles. The Bertz CT molecular complexity index is 904. The summed E-state index contributed by atoms with van der Waals surface area (Å²) in [6.45, 7) is 11.1. The number of aromatic hydroxyl groups is 1. The van der Waals surface area contributed by atoms with Crippen LogP contribution in [0.25, 0.3) is 0 Å². The second kappa shape index (κ2) is 10.7. The van der Waals surface area contributed by atoms with E-state index in [0.717, 1.165) is 56.7 Å². The number of halogens is 1. The van der Waals surface area contributed by atoms with E-state index in [1.165, 1.54) is 0 Å². The van der Waals surface area contributed by atoms with Crippen molar-refractivity contribution in [2.24, 2.45) is 11.3 Å². The van der Waals surface area contributed by atoms with E-state index >= 15 is 0 Å². The first kappa shape index (κ1) is 25.0. The second-order valence-electron chi connectivity index (χ2n) is 10.9. The lowest BCUT2D eigenvalue weighted by Gasteiger charge is -2.49. The van der Waals surface area contributed by atoms with Gasteiger partial charge in [-0.15, -0.1) is 0 Å². The van der Waals surface area contributed by atoms with Crippen LogP contribution in [-0.2, 0) is 4.79 Å². The quantitative estimate of drug-likeness (QED) is 0.622. The molecule has 2 N–H and O–H groups in total. The molecule has 5 nitrogen and oxygen atoms in total. The molecule has 0 bridgehead atoms. The van der Waals surface area contributed by atoms with Crippen molar-refractivity contribution in [1.82, 2.24) is 15.1 Å². The zero-order valence-corrected chi connectivity index (χ0v) is 21.4. The Labute approximate surface area is 209 Å². The Balaban J connectivity index is 1.59. The minimum atomic E-state index is -0.0397. The molecule has 6 heteroatoms. The van der Waals surface area contributed by atoms with Crippen LogP contribution in [0.4, 0.5) is 0 Å². The van der Waals surface area contributed by atoms with Crippen LogP contribution < -0.4 is 5.32 Å². The van der Waals surface area contributed by atoms with Crippen LogP contribution >= 0.6 is 11.6 Å². The second-order valence-corrected chi connectivity index (χ2v) is 11.3. The van der Waals surface area contributed by atoms with E-state index in [9.17, 15) is 9.90 Å². The third kappa shape index (κ3) is 5.94. The highest BCUT2D eigenvalue weighted by atomic mass is 35.5. The number of hydrogen-bond acceptors (Lipinski definition) is 4. The molecule has 2 saturated heterocycles. The number of amides is 1. The molecule has 2 aromatic rings. The molecule has 2 fully saturated rings. The third-order valence-corrected chi connectivity index (χ3v) is 7.67. The SMILES string of the molecule is CC(C)(C)C1CN(C(c2ccc(O)cc2)c2ccc(Cl)cc2)CCN1C(=O)CC1CCNCC1. The van der Waals surface area contributed by atoms with Crippen molar-refractivity contribution in [3.8, 4) is 5.75 Å². The average molecular weight is 484 g/mol. The zero-order chi connectivity index (χ0) is 24.3. The third-order valence-electron chi connectivity index (χ3n) is 7.41. The van der Waals surface area contributed by atoms with E-state index in [2.05, 4.69) is 48.0 Å². The Kier molecular flexibility index (Phi) is 7.86. The molecule has 0 saturated carbocycles. The smallest absolute Gasteiger partial charge is 0.223 e. The lowest BCUT2D eigenvalue weighted by Crippen LogP contribution is -2.60. The molecule has 1 amide bonds. The molecule has 2 unspecified atom stereocenters. The first-order valence-electron chi connectivity index (χ1n) is 12.5. The largest absolute Gasteiger partial charge is 0.508 e. The molecule has 2 aliphatic heterocycles. The molecular formula is C28H38ClN3O2. The number of carbonyl (C=O) groups excluding carboxylic acids is 1. The Morgan fingerprint density at radius 1 is 1.03 bits per heavy atom. The highest BCUT2D eigenvalue weighted by molar-refractivity contribution is 6.30. The molecule has 34 heavy (non-hydrogen) atoms. The van der Waals surface area contributed by atoms with Gasteiger partial charge in [0, 0.05) is 37.1 Å². The lowest BCUT2D eigenvalue weighted by molar-refractivity contribution is -0.141. The first-order chi connectivity index (χ1) is 16.2. The number of carbonyl (C=O) groups is 1. The summed E-state index contributed by atoms with van der Waals surface area (Å²) in [5.41, 5.74) is 2.25. The first-order valence-corrected chi connectivity index (χ1v) is 12.9. The van der Waals surface area contributed by atoms with Gasteiger partial charge in [0.2, 0.25) is 5.91 Å². The topological polar surface area (TPSA) is 55.8 Å². The summed E-state index contributed by atoms with van der Waals surface area (Å²) in [6.07, 6.45) is 2.84. The standard InChI is InChI=1S/C28H38ClN3O2/c1-28(2,3)25-19-31(16-17-32(25)26(34)18-20-12-14-30-15-13-20)27(21-4-8-23(29)9-5-21)22-6-10-24(33)11-7-22/h4-11,20,25,27,30,33H,12-19H2,1-3H3. The van der Waals surface area contributed by atoms with Gasteiger partial charge in [-0.25, -0.2) is 0 Å². The molecule has 2 aliphatic rings. The van der Waals surface area contributed by atoms with Gasteiger partial charge in [0.15, 0.2) is 0 Å². The number of phenols is 1. The van der Waals surface area contributed by atoms with Gasteiger partial charge in [0.25, 0.3) is 0 Å². The van der Waals surface area contributed by atoms with E-state index < -0.39 is 0 Å². The lowest BCUT2D eigenvalue weighted by atomic mass is 9.82. The predicted octanol–water partition coefficient (Wildman–Crippen LogP) is 5.08. The molecule has 0 radical (unpaired) electrons. The van der Waals surface area contributed by atoms with Crippen molar-refractivity contribution in [2.75, 3.05) is 32.7 Å². The number of phenolic OH excluding ortho intramolecular Hbond substituents is 1. The summed E-state index contributed by atoms with van der Waals surface area (Å²) in [5.74, 6) is 1.06. The fourth-order valence-corrected chi connectivity index (χ4v) is 5.57. The van der Waals surface area contributed by atoms with Crippen LogP contribution in [0.1, 0.15) is 57.2 Å². The van der Waals surface area contributed by atoms with Gasteiger partial charge in [-0.05, 0) is 72.7 Å². The number of hydrogen-bond donors (Lipinski definition) is 2. The van der Waals surface area contributed by atoms with Gasteiger partial charge in [-0.3, -0.25) is 9.69 Å². The van der Waals surface area contributed by atoms with Crippen LogP contribution in [0.5, 0.6) is 5.75 Å². The number of piperazine rings is 1. The number of nitrogens with zero attached hydrogens (tertiary/aromatic N) is 2. The highest BCUT2D eigenvalue weighted by Gasteiger charge is 2.40. The molecule has 0 aromatic heterocycles. The maximum Gasteiger partial charge on any atom is 0.223 e. The normalized spacial score (nSPS) is 21.4. The van der Waals surface area contributed by atoms with Crippen molar-refractivity contribution in [3.05, 3.63) is 64.7 Å². The summed E-state index contributed by atoms with van der Waals surface area (Å²) in [4.78, 5) is 18.1. The summed E-state index contributed by atoms with van der Waals surface area (Å²) < 4.78 is 0. The molecule has 184 valence electrons. The fourth-order valence-electron chi connectivity index (χ4n) is 5.44. The van der Waals surface area contributed by atoms with Crippen molar-refractivity contribution in [2.45, 2.75) is 52.1 Å². The van der Waals surface area contributed by atoms with Crippen LogP contribution in [0.3, 0.4) is 0 Å². The van der Waals surface area contributed by atoms with Gasteiger partial charge in [0.1, 0.15) is 5.75 Å². The van der Waals surface area contributed by atoms with Gasteiger partial charge >= 0.3 is 0 Å². The molecule has 4 rings (SSSR count). The Morgan fingerprint density at radius 2 is 1.62 bits per heavy atom. The molecule has 0 aliphatic carbocycles. The van der Waals surface area contributed by atoms with Crippen molar-refractivity contribution in [1.29, 1.82) is 0 Å². The average Bonchev–Trinajstić information content (AvgIpc) is 2.82. The summed E-state index contributed by atoms with van der Waals surface area (Å²) in [6, 6.07) is 15.7. The van der Waals surface area contributed by atoms with Gasteiger partial charge in [-0.1, -0.05) is 56.6 Å². The monoisotopic (exact) mass is 483 g/mol. The van der Waals surface area contributed by atoms with Gasteiger partial charge < -0.3 is 15.3 Å². The molecule has 0 spiro atoms. The predicted molar refractivity (Wildman–Crippen MR) is 138 cm³/mol. The number of benzene rings is 2. The van der Waals surface area contributed by atoms with E-state index in [1.807, 2.05) is 24.3 Å². The minimum Gasteiger partial charge on any atom is -0.508 e. The van der Waals surface area contributed by atoms with E-state index in [1.54, 1.807) is 12.1 Å². The van der Waals surface area contributed by atoms with Gasteiger partial charge in [0.05, 0.1) is 6.04 Å². The van der Waals surface area contributed by atoms with Gasteiger partial charge in [-0.2, -0.15) is 0 Å². The number of piperidine rings is 1. The number of nitrogens with one attached hydrogen (secondary N) is 1. The Hall–Kier alpha value is -2.08. The van der Waals surface area contributed by atoms with Crippen LogP contribution in [0.2, 0.25) is 5.02 Å². The van der Waals surface area contributed by atoms with E-state index in [-0.39, 0.29) is 23.2 Å². The van der Waals surface area contributed by atoms with Crippen LogP contribution in [-0.4, -0.2) is 59.6 Å². The summed E-state index contributed by atoms with van der Waals surface area (Å²) in [5, 5.41) is 14.0. The highest BCUT2D eigenvalue weighted by Crippen LogP contribution is 2.36. The maximum absolute atomic E-state index is 13.5. The summed E-state index contributed by atoms with van der Waals surface area (Å²) >= 11 is 6.19. The van der Waals surface area contributed by atoms with Crippen molar-refractivity contribution < 1.29 is 9.90 Å². The maximum atomic E-state index is 13.5. The number of rotatable bonds is 5. The Morgan fingerprint density at radius 3 is 2.21 bits per heavy atom. The molecule has 2 atom stereocenters. The zero-order valence-electron chi connectivity index (χ0n) is 20.6. The summed E-state index contributed by atoms with van der Waals surface area (Å²) in [7, 11) is 0. The van der Waals surface area contributed by atoms with Crippen molar-refractivity contribution >= 4 is 17.5 Å². The molecular weight excluding hydrogens is 446 g/mol. The van der Waals surface area contributed by atoms with Crippen LogP contribution in [0, 0.1) is 11.3 Å².